The molecule has 15 heteroatoms. The molecule has 5 rings (SSSR count). The molecule has 1 aliphatic rings. The van der Waals surface area contributed by atoms with Crippen molar-refractivity contribution >= 4 is 66.6 Å². The van der Waals surface area contributed by atoms with E-state index in [0.717, 1.165) is 48.4 Å². The molecule has 42 heavy (non-hydrogen) atoms. The van der Waals surface area contributed by atoms with Crippen LogP contribution in [0.5, 0.6) is 0 Å². The Morgan fingerprint density at radius 2 is 1.81 bits per heavy atom. The number of hydrazone groups is 1. The fraction of sp³-hybridized carbons (Fsp3) is 0.259. The lowest BCUT2D eigenvalue weighted by Gasteiger charge is -2.30. The first-order chi connectivity index (χ1) is 20.1. The summed E-state index contributed by atoms with van der Waals surface area (Å²) in [7, 11) is -2.60. The average molecular weight is 627 g/mol. The Bertz CT molecular complexity index is 1750. The molecule has 0 unspecified atom stereocenters. The molecule has 0 radical (unpaired) electrons. The highest BCUT2D eigenvalue weighted by Crippen LogP contribution is 2.39. The number of rotatable bonds is 10. The summed E-state index contributed by atoms with van der Waals surface area (Å²) in [5.41, 5.74) is 3.44. The molecular formula is C27H26N6O6S3. The minimum Gasteiger partial charge on any atom is -0.277 e. The van der Waals surface area contributed by atoms with Gasteiger partial charge in [-0.15, -0.1) is 11.3 Å². The van der Waals surface area contributed by atoms with Gasteiger partial charge in [-0.3, -0.25) is 25.7 Å². The molecule has 0 spiro atoms. The van der Waals surface area contributed by atoms with Gasteiger partial charge in [-0.25, -0.2) is 13.4 Å². The fourth-order valence-corrected chi connectivity index (χ4v) is 8.42. The molecule has 1 aromatic heterocycles. The molecule has 0 aliphatic heterocycles. The Balaban J connectivity index is 1.39. The topological polar surface area (TPSA) is 161 Å². The monoisotopic (exact) mass is 626 g/mol. The average Bonchev–Trinajstić information content (AvgIpc) is 3.40. The molecule has 12 nitrogen and oxygen atoms in total. The van der Waals surface area contributed by atoms with Crippen LogP contribution >= 0.6 is 23.1 Å². The van der Waals surface area contributed by atoms with Crippen molar-refractivity contribution in [3.63, 3.8) is 0 Å². The summed E-state index contributed by atoms with van der Waals surface area (Å²) >= 11 is 2.64. The second-order valence-corrected chi connectivity index (χ2v) is 13.9. The molecule has 0 saturated heterocycles. The highest BCUT2D eigenvalue weighted by molar-refractivity contribution is 8.01. The number of thiazole rings is 1. The second-order valence-electron chi connectivity index (χ2n) is 9.65. The van der Waals surface area contributed by atoms with E-state index in [0.29, 0.717) is 14.8 Å². The van der Waals surface area contributed by atoms with Crippen molar-refractivity contribution in [2.45, 2.75) is 52.3 Å². The van der Waals surface area contributed by atoms with Gasteiger partial charge in [-0.05, 0) is 37.1 Å². The van der Waals surface area contributed by atoms with E-state index in [1.165, 1.54) is 58.9 Å². The lowest BCUT2D eigenvalue weighted by Crippen LogP contribution is -2.38. The number of benzene rings is 3. The highest BCUT2D eigenvalue weighted by atomic mass is 32.2. The molecular weight excluding hydrogens is 601 g/mol. The van der Waals surface area contributed by atoms with Crippen LogP contribution in [0.3, 0.4) is 0 Å². The number of nitro benzene ring substituents is 2. The minimum atomic E-state index is -4.09. The summed E-state index contributed by atoms with van der Waals surface area (Å²) in [5, 5.41) is 27.4. The number of nitrogens with one attached hydrogen (secondary N) is 1. The number of aromatic nitrogens is 1. The smallest absolute Gasteiger partial charge is 0.277 e. The van der Waals surface area contributed by atoms with E-state index in [-0.39, 0.29) is 28.0 Å². The Morgan fingerprint density at radius 1 is 1.05 bits per heavy atom. The van der Waals surface area contributed by atoms with Crippen molar-refractivity contribution in [1.29, 1.82) is 0 Å². The SMILES string of the molecule is CN(C1CCCCC1)S(=O)(=O)c1cc([N+](=O)[O-])ccc1N/N=C\c1ccc(Sc2nc3ccccc3s2)c([N+](=O)[O-])c1. The van der Waals surface area contributed by atoms with Gasteiger partial charge in [0.2, 0.25) is 10.0 Å². The van der Waals surface area contributed by atoms with Gasteiger partial charge in [-0.1, -0.05) is 49.2 Å². The number of anilines is 1. The summed E-state index contributed by atoms with van der Waals surface area (Å²) in [6.45, 7) is 0. The van der Waals surface area contributed by atoms with Crippen LogP contribution in [0.15, 0.2) is 79.9 Å². The van der Waals surface area contributed by atoms with E-state index in [9.17, 15) is 28.6 Å². The van der Waals surface area contributed by atoms with Gasteiger partial charge in [0.1, 0.15) is 4.90 Å². The number of sulfonamides is 1. The van der Waals surface area contributed by atoms with Crippen LogP contribution in [0.4, 0.5) is 17.1 Å². The number of hydrogen-bond donors (Lipinski definition) is 1. The predicted molar refractivity (Wildman–Crippen MR) is 163 cm³/mol. The molecule has 1 saturated carbocycles. The molecule has 0 amide bonds. The van der Waals surface area contributed by atoms with Crippen molar-refractivity contribution < 1.29 is 18.3 Å². The zero-order valence-electron chi connectivity index (χ0n) is 22.4. The first-order valence-corrected chi connectivity index (χ1v) is 16.1. The maximum atomic E-state index is 13.6. The van der Waals surface area contributed by atoms with Crippen LogP contribution in [-0.2, 0) is 10.0 Å². The van der Waals surface area contributed by atoms with Crippen LogP contribution in [0, 0.1) is 20.2 Å². The standard InChI is InChI=1S/C27H26N6O6S3/c1-31(19-7-3-2-4-8-19)42(38,39)26-16-20(32(34)35)12-13-22(26)30-28-17-18-11-14-25(23(15-18)33(36)37)41-27-29-21-9-5-6-10-24(21)40-27/h5-6,9-17,19,30H,2-4,7-8H2,1H3/b28-17-. The second kappa shape index (κ2) is 12.5. The van der Waals surface area contributed by atoms with Crippen LogP contribution in [-0.4, -0.2) is 46.9 Å². The normalized spacial score (nSPS) is 14.5. The van der Waals surface area contributed by atoms with Gasteiger partial charge in [0.25, 0.3) is 11.4 Å². The summed E-state index contributed by atoms with van der Waals surface area (Å²) in [5.74, 6) is 0. The van der Waals surface area contributed by atoms with E-state index >= 15 is 0 Å². The number of fused-ring (bicyclic) bond motifs is 1. The van der Waals surface area contributed by atoms with Crippen molar-refractivity contribution in [1.82, 2.24) is 9.29 Å². The number of hydrogen-bond acceptors (Lipinski definition) is 11. The fourth-order valence-electron chi connectivity index (χ4n) is 4.74. The molecule has 0 atom stereocenters. The third-order valence-electron chi connectivity index (χ3n) is 6.97. The highest BCUT2D eigenvalue weighted by Gasteiger charge is 2.32. The number of para-hydroxylation sites is 1. The summed E-state index contributed by atoms with van der Waals surface area (Å²) in [6, 6.07) is 15.5. The Kier molecular flexibility index (Phi) is 8.82. The van der Waals surface area contributed by atoms with Crippen LogP contribution in [0.25, 0.3) is 10.2 Å². The van der Waals surface area contributed by atoms with E-state index in [2.05, 4.69) is 15.5 Å². The van der Waals surface area contributed by atoms with Crippen molar-refractivity contribution in [3.05, 3.63) is 86.5 Å². The summed E-state index contributed by atoms with van der Waals surface area (Å²) in [6.07, 6.45) is 5.64. The molecule has 1 aliphatic carbocycles. The Labute approximate surface area is 249 Å². The molecule has 0 bridgehead atoms. The molecule has 3 aromatic carbocycles. The van der Waals surface area contributed by atoms with Gasteiger partial charge < -0.3 is 0 Å². The third-order valence-corrected chi connectivity index (χ3v) is 11.1. The Hall–Kier alpha value is -3.92. The van der Waals surface area contributed by atoms with E-state index < -0.39 is 19.9 Å². The van der Waals surface area contributed by atoms with E-state index in [4.69, 9.17) is 0 Å². The molecule has 4 aromatic rings. The Morgan fingerprint density at radius 3 is 2.52 bits per heavy atom. The first-order valence-electron chi connectivity index (χ1n) is 13.0. The van der Waals surface area contributed by atoms with Crippen LogP contribution in [0.1, 0.15) is 37.7 Å². The minimum absolute atomic E-state index is 0.0528. The lowest BCUT2D eigenvalue weighted by atomic mass is 9.96. The summed E-state index contributed by atoms with van der Waals surface area (Å²) < 4.78 is 30.0. The van der Waals surface area contributed by atoms with Crippen molar-refractivity contribution in [2.75, 3.05) is 12.5 Å². The van der Waals surface area contributed by atoms with Gasteiger partial charge in [-0.2, -0.15) is 9.41 Å². The molecule has 1 heterocycles. The summed E-state index contributed by atoms with van der Waals surface area (Å²) in [4.78, 5) is 26.8. The van der Waals surface area contributed by atoms with Crippen LogP contribution < -0.4 is 5.43 Å². The molecule has 218 valence electrons. The van der Waals surface area contributed by atoms with Crippen LogP contribution in [0.2, 0.25) is 0 Å². The van der Waals surface area contributed by atoms with Crippen molar-refractivity contribution in [2.24, 2.45) is 5.10 Å². The third kappa shape index (κ3) is 6.43. The zero-order valence-corrected chi connectivity index (χ0v) is 24.8. The van der Waals surface area contributed by atoms with Gasteiger partial charge in [0.05, 0.1) is 36.9 Å². The number of non-ortho nitro benzene ring substituents is 1. The largest absolute Gasteiger partial charge is 0.283 e. The van der Waals surface area contributed by atoms with E-state index in [1.807, 2.05) is 24.3 Å². The molecule has 1 fully saturated rings. The zero-order chi connectivity index (χ0) is 29.9. The van der Waals surface area contributed by atoms with Gasteiger partial charge in [0.15, 0.2) is 4.34 Å². The van der Waals surface area contributed by atoms with E-state index in [1.54, 1.807) is 12.1 Å². The maximum absolute atomic E-state index is 13.6. The quantitative estimate of drug-likeness (QED) is 0.115. The number of nitro groups is 2. The number of nitrogens with zero attached hydrogens (tertiary/aromatic N) is 5. The maximum Gasteiger partial charge on any atom is 0.283 e. The first kappa shape index (κ1) is 29.6. The molecule has 1 N–H and O–H groups in total. The van der Waals surface area contributed by atoms with Crippen molar-refractivity contribution in [3.8, 4) is 0 Å². The van der Waals surface area contributed by atoms with Gasteiger partial charge >= 0.3 is 0 Å². The lowest BCUT2D eigenvalue weighted by molar-refractivity contribution is -0.387. The van der Waals surface area contributed by atoms with Gasteiger partial charge in [0, 0.05) is 36.9 Å². The predicted octanol–water partition coefficient (Wildman–Crippen LogP) is 6.66.